The fourth-order valence-electron chi connectivity index (χ4n) is 1.92. The molecule has 0 fully saturated rings. The van der Waals surface area contributed by atoms with Crippen LogP contribution in [-0.2, 0) is 0 Å². The van der Waals surface area contributed by atoms with Crippen molar-refractivity contribution in [3.63, 3.8) is 0 Å². The molecule has 2 N–H and O–H groups in total. The quantitative estimate of drug-likeness (QED) is 0.821. The van der Waals surface area contributed by atoms with Crippen LogP contribution < -0.4 is 5.73 Å². The van der Waals surface area contributed by atoms with Crippen LogP contribution in [0, 0.1) is 5.92 Å². The second kappa shape index (κ2) is 7.50. The van der Waals surface area contributed by atoms with Crippen LogP contribution in [-0.4, -0.2) is 49.4 Å². The highest BCUT2D eigenvalue weighted by atomic mass is 35.5. The zero-order valence-corrected chi connectivity index (χ0v) is 13.4. The Morgan fingerprint density at radius 1 is 1.30 bits per heavy atom. The Labute approximate surface area is 126 Å². The van der Waals surface area contributed by atoms with Crippen LogP contribution in [0.4, 0.5) is 5.69 Å². The first kappa shape index (κ1) is 16.8. The van der Waals surface area contributed by atoms with E-state index in [-0.39, 0.29) is 5.91 Å². The molecule has 0 unspecified atom stereocenters. The molecule has 1 aromatic carbocycles. The molecule has 0 atom stereocenters. The van der Waals surface area contributed by atoms with Crippen molar-refractivity contribution in [2.24, 2.45) is 5.92 Å². The molecule has 0 bridgehead atoms. The Bertz CT molecular complexity index is 460. The van der Waals surface area contributed by atoms with Crippen molar-refractivity contribution in [1.82, 2.24) is 9.80 Å². The lowest BCUT2D eigenvalue weighted by Gasteiger charge is -2.26. The van der Waals surface area contributed by atoms with Gasteiger partial charge >= 0.3 is 0 Å². The third-order valence-corrected chi connectivity index (χ3v) is 3.37. The van der Waals surface area contributed by atoms with Gasteiger partial charge in [0.05, 0.1) is 16.3 Å². The van der Waals surface area contributed by atoms with Gasteiger partial charge in [-0.25, -0.2) is 0 Å². The zero-order valence-electron chi connectivity index (χ0n) is 12.7. The van der Waals surface area contributed by atoms with Crippen LogP contribution in [0.15, 0.2) is 18.2 Å². The van der Waals surface area contributed by atoms with E-state index in [9.17, 15) is 4.79 Å². The first-order chi connectivity index (χ1) is 9.32. The van der Waals surface area contributed by atoms with E-state index in [1.807, 2.05) is 19.0 Å². The number of benzene rings is 1. The molecule has 112 valence electrons. The smallest absolute Gasteiger partial charge is 0.255 e. The van der Waals surface area contributed by atoms with E-state index in [0.717, 1.165) is 6.54 Å². The summed E-state index contributed by atoms with van der Waals surface area (Å²) < 4.78 is 0. The van der Waals surface area contributed by atoms with Crippen LogP contribution in [0.25, 0.3) is 0 Å². The Morgan fingerprint density at radius 2 is 1.95 bits per heavy atom. The first-order valence-corrected chi connectivity index (χ1v) is 7.18. The lowest BCUT2D eigenvalue weighted by atomic mass is 10.1. The highest BCUT2D eigenvalue weighted by molar-refractivity contribution is 6.36. The summed E-state index contributed by atoms with van der Waals surface area (Å²) in [4.78, 5) is 16.5. The monoisotopic (exact) mass is 297 g/mol. The maximum atomic E-state index is 12.6. The number of nitrogen functional groups attached to an aromatic ring is 1. The molecule has 1 amide bonds. The van der Waals surface area contributed by atoms with Crippen LogP contribution in [0.1, 0.15) is 24.2 Å². The van der Waals surface area contributed by atoms with Gasteiger partial charge in [0.25, 0.3) is 5.91 Å². The number of hydrogen-bond acceptors (Lipinski definition) is 3. The van der Waals surface area contributed by atoms with Crippen LogP contribution in [0.3, 0.4) is 0 Å². The number of amides is 1. The predicted molar refractivity (Wildman–Crippen MR) is 85.2 cm³/mol. The second-order valence-corrected chi connectivity index (χ2v) is 6.04. The Kier molecular flexibility index (Phi) is 6.30. The normalized spacial score (nSPS) is 11.2. The average molecular weight is 298 g/mol. The molecule has 0 aliphatic carbocycles. The third kappa shape index (κ3) is 4.69. The molecule has 5 heteroatoms. The lowest BCUT2D eigenvalue weighted by molar-refractivity contribution is 0.0725. The van der Waals surface area contributed by atoms with Crippen molar-refractivity contribution < 1.29 is 4.79 Å². The van der Waals surface area contributed by atoms with Crippen LogP contribution in [0.5, 0.6) is 0 Å². The molecule has 4 nitrogen and oxygen atoms in total. The average Bonchev–Trinajstić information content (AvgIpc) is 2.36. The Hall–Kier alpha value is -1.26. The molecule has 0 saturated carbocycles. The lowest BCUT2D eigenvalue weighted by Crippen LogP contribution is -2.39. The van der Waals surface area contributed by atoms with Gasteiger partial charge in [-0.3, -0.25) is 4.79 Å². The molecule has 0 aliphatic rings. The number of rotatable bonds is 6. The summed E-state index contributed by atoms with van der Waals surface area (Å²) in [6.45, 7) is 6.39. The van der Waals surface area contributed by atoms with Gasteiger partial charge in [0, 0.05) is 19.6 Å². The standard InChI is InChI=1S/C15H24ClN3O/c1-11(2)10-19(9-8-18(3)4)15(20)12-6-5-7-13(17)14(12)16/h5-7,11H,8-10,17H2,1-4H3. The maximum absolute atomic E-state index is 12.6. The molecular formula is C15H24ClN3O. The predicted octanol–water partition coefficient (Wildman–Crippen LogP) is 2.58. The summed E-state index contributed by atoms with van der Waals surface area (Å²) in [5.41, 5.74) is 6.69. The van der Waals surface area contributed by atoms with Gasteiger partial charge < -0.3 is 15.5 Å². The highest BCUT2D eigenvalue weighted by Gasteiger charge is 2.20. The number of carbonyl (C=O) groups excluding carboxylic acids is 1. The Balaban J connectivity index is 2.94. The zero-order chi connectivity index (χ0) is 15.3. The summed E-state index contributed by atoms with van der Waals surface area (Å²) >= 11 is 6.15. The maximum Gasteiger partial charge on any atom is 0.255 e. The fourth-order valence-corrected chi connectivity index (χ4v) is 2.13. The van der Waals surface area contributed by atoms with E-state index >= 15 is 0 Å². The number of likely N-dealkylation sites (N-methyl/N-ethyl adjacent to an activating group) is 1. The van der Waals surface area contributed by atoms with Gasteiger partial charge in [-0.2, -0.15) is 0 Å². The molecule has 20 heavy (non-hydrogen) atoms. The number of hydrogen-bond donors (Lipinski definition) is 1. The molecule has 0 aromatic heterocycles. The van der Waals surface area contributed by atoms with Crippen molar-refractivity contribution in [3.05, 3.63) is 28.8 Å². The van der Waals surface area contributed by atoms with Crippen molar-refractivity contribution >= 4 is 23.2 Å². The highest BCUT2D eigenvalue weighted by Crippen LogP contribution is 2.24. The Morgan fingerprint density at radius 3 is 2.50 bits per heavy atom. The van der Waals surface area contributed by atoms with E-state index in [2.05, 4.69) is 18.7 Å². The van der Waals surface area contributed by atoms with Gasteiger partial charge in [0.1, 0.15) is 0 Å². The SMILES string of the molecule is CC(C)CN(CCN(C)C)C(=O)c1cccc(N)c1Cl. The third-order valence-electron chi connectivity index (χ3n) is 2.95. The molecular weight excluding hydrogens is 274 g/mol. The number of nitrogens with two attached hydrogens (primary N) is 1. The number of anilines is 1. The van der Waals surface area contributed by atoms with Gasteiger partial charge in [0.15, 0.2) is 0 Å². The van der Waals surface area contributed by atoms with Crippen molar-refractivity contribution in [2.75, 3.05) is 39.5 Å². The molecule has 0 heterocycles. The summed E-state index contributed by atoms with van der Waals surface area (Å²) in [5.74, 6) is 0.346. The minimum absolute atomic E-state index is 0.0575. The van der Waals surface area contributed by atoms with Crippen molar-refractivity contribution in [1.29, 1.82) is 0 Å². The largest absolute Gasteiger partial charge is 0.398 e. The number of nitrogens with zero attached hydrogens (tertiary/aromatic N) is 2. The van der Waals surface area contributed by atoms with E-state index in [1.165, 1.54) is 0 Å². The summed E-state index contributed by atoms with van der Waals surface area (Å²) in [5, 5.41) is 0.344. The topological polar surface area (TPSA) is 49.6 Å². The number of halogens is 1. The van der Waals surface area contributed by atoms with E-state index in [0.29, 0.717) is 35.3 Å². The van der Waals surface area contributed by atoms with Gasteiger partial charge in [-0.15, -0.1) is 0 Å². The molecule has 0 spiro atoms. The van der Waals surface area contributed by atoms with Crippen molar-refractivity contribution in [2.45, 2.75) is 13.8 Å². The van der Waals surface area contributed by atoms with Crippen LogP contribution in [0.2, 0.25) is 5.02 Å². The minimum Gasteiger partial charge on any atom is -0.398 e. The molecule has 1 rings (SSSR count). The second-order valence-electron chi connectivity index (χ2n) is 5.66. The summed E-state index contributed by atoms with van der Waals surface area (Å²) in [6.07, 6.45) is 0. The van der Waals surface area contributed by atoms with E-state index in [4.69, 9.17) is 17.3 Å². The van der Waals surface area contributed by atoms with E-state index in [1.54, 1.807) is 18.2 Å². The summed E-state index contributed by atoms with van der Waals surface area (Å²) in [7, 11) is 3.98. The molecule has 0 radical (unpaired) electrons. The van der Waals surface area contributed by atoms with Gasteiger partial charge in [0.2, 0.25) is 0 Å². The van der Waals surface area contributed by atoms with Crippen molar-refractivity contribution in [3.8, 4) is 0 Å². The number of carbonyl (C=O) groups is 1. The van der Waals surface area contributed by atoms with Gasteiger partial charge in [-0.1, -0.05) is 31.5 Å². The summed E-state index contributed by atoms with van der Waals surface area (Å²) in [6, 6.07) is 5.18. The molecule has 0 saturated heterocycles. The van der Waals surface area contributed by atoms with Crippen LogP contribution >= 0.6 is 11.6 Å². The molecule has 1 aromatic rings. The fraction of sp³-hybridized carbons (Fsp3) is 0.533. The van der Waals surface area contributed by atoms with E-state index < -0.39 is 0 Å². The minimum atomic E-state index is -0.0575. The van der Waals surface area contributed by atoms with Gasteiger partial charge in [-0.05, 0) is 32.1 Å². The molecule has 0 aliphatic heterocycles. The first-order valence-electron chi connectivity index (χ1n) is 6.81.